The van der Waals surface area contributed by atoms with Crippen molar-refractivity contribution in [3.63, 3.8) is 0 Å². The molecule has 0 aromatic carbocycles. The first kappa shape index (κ1) is 17.4. The maximum Gasteiger partial charge on any atom is 0.255 e. The summed E-state index contributed by atoms with van der Waals surface area (Å²) in [4.78, 5) is 19.1. The second-order valence-electron chi connectivity index (χ2n) is 6.80. The van der Waals surface area contributed by atoms with E-state index in [0.29, 0.717) is 18.2 Å². The van der Waals surface area contributed by atoms with Crippen LogP contribution in [0.1, 0.15) is 55.7 Å². The minimum absolute atomic E-state index is 0.0378. The van der Waals surface area contributed by atoms with Crippen molar-refractivity contribution in [3.8, 4) is 0 Å². The van der Waals surface area contributed by atoms with Crippen molar-refractivity contribution in [2.45, 2.75) is 52.1 Å². The van der Waals surface area contributed by atoms with Gasteiger partial charge in [0, 0.05) is 37.8 Å². The summed E-state index contributed by atoms with van der Waals surface area (Å²) in [6.07, 6.45) is 5.44. The number of hydrogen-bond donors (Lipinski definition) is 1. The number of anilines is 1. The van der Waals surface area contributed by atoms with Crippen LogP contribution in [0.25, 0.3) is 0 Å². The first-order chi connectivity index (χ1) is 12.1. The van der Waals surface area contributed by atoms with Gasteiger partial charge < -0.3 is 14.8 Å². The number of aryl methyl sites for hydroxylation is 1. The van der Waals surface area contributed by atoms with Crippen molar-refractivity contribution in [2.75, 3.05) is 18.4 Å². The molecule has 1 fully saturated rings. The quantitative estimate of drug-likeness (QED) is 0.903. The maximum atomic E-state index is 12.8. The van der Waals surface area contributed by atoms with E-state index in [2.05, 4.69) is 45.8 Å². The first-order valence-corrected chi connectivity index (χ1v) is 8.98. The van der Waals surface area contributed by atoms with Gasteiger partial charge in [0.15, 0.2) is 0 Å². The molecule has 1 aliphatic rings. The van der Waals surface area contributed by atoms with Crippen LogP contribution in [0.5, 0.6) is 0 Å². The SMILES string of the molecule is CCn1cnnc1C1CCCN(C(=O)c2ccc(NC(C)C)nc2)C1. The molecular weight excluding hydrogens is 316 g/mol. The molecule has 0 aliphatic carbocycles. The van der Waals surface area contributed by atoms with Gasteiger partial charge in [0.2, 0.25) is 0 Å². The Kier molecular flexibility index (Phi) is 5.31. The average molecular weight is 342 g/mol. The van der Waals surface area contributed by atoms with Gasteiger partial charge in [-0.05, 0) is 45.7 Å². The third-order valence-corrected chi connectivity index (χ3v) is 4.51. The van der Waals surface area contributed by atoms with Gasteiger partial charge in [0.1, 0.15) is 18.0 Å². The molecule has 0 radical (unpaired) electrons. The van der Waals surface area contributed by atoms with Gasteiger partial charge in [-0.3, -0.25) is 4.79 Å². The molecule has 1 amide bonds. The number of aromatic nitrogens is 4. The van der Waals surface area contributed by atoms with E-state index in [1.54, 1.807) is 12.5 Å². The molecule has 1 saturated heterocycles. The molecule has 3 heterocycles. The zero-order valence-electron chi connectivity index (χ0n) is 15.1. The lowest BCUT2D eigenvalue weighted by Gasteiger charge is -2.32. The highest BCUT2D eigenvalue weighted by Gasteiger charge is 2.28. The molecule has 1 unspecified atom stereocenters. The van der Waals surface area contributed by atoms with E-state index in [1.165, 1.54) is 0 Å². The molecule has 134 valence electrons. The van der Waals surface area contributed by atoms with E-state index in [0.717, 1.165) is 37.6 Å². The number of likely N-dealkylation sites (tertiary alicyclic amines) is 1. The smallest absolute Gasteiger partial charge is 0.255 e. The Hall–Kier alpha value is -2.44. The van der Waals surface area contributed by atoms with E-state index in [-0.39, 0.29) is 11.8 Å². The fourth-order valence-electron chi connectivity index (χ4n) is 3.28. The summed E-state index contributed by atoms with van der Waals surface area (Å²) in [6, 6.07) is 4.02. The number of nitrogens with one attached hydrogen (secondary N) is 1. The summed E-state index contributed by atoms with van der Waals surface area (Å²) < 4.78 is 2.06. The number of pyridine rings is 1. The number of rotatable bonds is 5. The van der Waals surface area contributed by atoms with Gasteiger partial charge in [-0.2, -0.15) is 0 Å². The Bertz CT molecular complexity index is 709. The Balaban J connectivity index is 1.69. The van der Waals surface area contributed by atoms with E-state index in [4.69, 9.17) is 0 Å². The van der Waals surface area contributed by atoms with Gasteiger partial charge in [0.25, 0.3) is 5.91 Å². The number of piperidine rings is 1. The Morgan fingerprint density at radius 3 is 2.92 bits per heavy atom. The third kappa shape index (κ3) is 3.97. The summed E-state index contributed by atoms with van der Waals surface area (Å²) in [6.45, 7) is 8.51. The van der Waals surface area contributed by atoms with Crippen molar-refractivity contribution in [2.24, 2.45) is 0 Å². The summed E-state index contributed by atoms with van der Waals surface area (Å²) in [7, 11) is 0. The molecule has 2 aromatic rings. The molecular formula is C18H26N6O. The standard InChI is InChI=1S/C18H26N6O/c1-4-23-12-20-22-17(23)15-6-5-9-24(11-15)18(25)14-7-8-16(19-10-14)21-13(2)3/h7-8,10,12-13,15H,4-6,9,11H2,1-3H3,(H,19,21). The van der Waals surface area contributed by atoms with Crippen molar-refractivity contribution in [1.82, 2.24) is 24.6 Å². The number of amides is 1. The first-order valence-electron chi connectivity index (χ1n) is 8.98. The molecule has 1 atom stereocenters. The van der Waals surface area contributed by atoms with Gasteiger partial charge in [-0.1, -0.05) is 0 Å². The zero-order valence-corrected chi connectivity index (χ0v) is 15.1. The minimum Gasteiger partial charge on any atom is -0.368 e. The summed E-state index contributed by atoms with van der Waals surface area (Å²) in [5, 5.41) is 11.5. The van der Waals surface area contributed by atoms with Gasteiger partial charge in [0.05, 0.1) is 5.56 Å². The lowest BCUT2D eigenvalue weighted by Crippen LogP contribution is -2.39. The highest BCUT2D eigenvalue weighted by Crippen LogP contribution is 2.26. The second kappa shape index (κ2) is 7.63. The van der Waals surface area contributed by atoms with Crippen LogP contribution in [0, 0.1) is 0 Å². The largest absolute Gasteiger partial charge is 0.368 e. The molecule has 2 aromatic heterocycles. The highest BCUT2D eigenvalue weighted by atomic mass is 16.2. The molecule has 1 N–H and O–H groups in total. The van der Waals surface area contributed by atoms with Crippen molar-refractivity contribution < 1.29 is 4.79 Å². The molecule has 7 nitrogen and oxygen atoms in total. The molecule has 3 rings (SSSR count). The monoisotopic (exact) mass is 342 g/mol. The number of carbonyl (C=O) groups is 1. The summed E-state index contributed by atoms with van der Waals surface area (Å²) in [5.74, 6) is 2.06. The minimum atomic E-state index is 0.0378. The molecule has 1 aliphatic heterocycles. The predicted octanol–water partition coefficient (Wildman–Crippen LogP) is 2.53. The van der Waals surface area contributed by atoms with Crippen LogP contribution in [0.3, 0.4) is 0 Å². The normalized spacial score (nSPS) is 17.8. The Morgan fingerprint density at radius 2 is 2.24 bits per heavy atom. The van der Waals surface area contributed by atoms with Gasteiger partial charge in [-0.25, -0.2) is 4.98 Å². The van der Waals surface area contributed by atoms with Crippen LogP contribution in [-0.4, -0.2) is 49.7 Å². The lowest BCUT2D eigenvalue weighted by atomic mass is 9.96. The second-order valence-corrected chi connectivity index (χ2v) is 6.80. The van der Waals surface area contributed by atoms with E-state index < -0.39 is 0 Å². The van der Waals surface area contributed by atoms with Crippen LogP contribution < -0.4 is 5.32 Å². The van der Waals surface area contributed by atoms with E-state index in [9.17, 15) is 4.79 Å². The number of hydrogen-bond acceptors (Lipinski definition) is 5. The summed E-state index contributed by atoms with van der Waals surface area (Å²) in [5.41, 5.74) is 0.631. The predicted molar refractivity (Wildman–Crippen MR) is 96.6 cm³/mol. The van der Waals surface area contributed by atoms with Crippen LogP contribution in [-0.2, 0) is 6.54 Å². The molecule has 7 heteroatoms. The highest BCUT2D eigenvalue weighted by molar-refractivity contribution is 5.94. The average Bonchev–Trinajstić information content (AvgIpc) is 3.10. The lowest BCUT2D eigenvalue weighted by molar-refractivity contribution is 0.0703. The van der Waals surface area contributed by atoms with Gasteiger partial charge >= 0.3 is 0 Å². The topological polar surface area (TPSA) is 75.9 Å². The molecule has 25 heavy (non-hydrogen) atoms. The molecule has 0 spiro atoms. The third-order valence-electron chi connectivity index (χ3n) is 4.51. The van der Waals surface area contributed by atoms with Crippen molar-refractivity contribution in [1.29, 1.82) is 0 Å². The Labute approximate surface area is 148 Å². The van der Waals surface area contributed by atoms with Crippen LogP contribution in [0.15, 0.2) is 24.7 Å². The fraction of sp³-hybridized carbons (Fsp3) is 0.556. The fourth-order valence-corrected chi connectivity index (χ4v) is 3.28. The van der Waals surface area contributed by atoms with Crippen molar-refractivity contribution in [3.05, 3.63) is 36.0 Å². The molecule has 0 bridgehead atoms. The van der Waals surface area contributed by atoms with Gasteiger partial charge in [-0.15, -0.1) is 10.2 Å². The van der Waals surface area contributed by atoms with Crippen LogP contribution >= 0.6 is 0 Å². The zero-order chi connectivity index (χ0) is 17.8. The maximum absolute atomic E-state index is 12.8. The van der Waals surface area contributed by atoms with Crippen LogP contribution in [0.4, 0.5) is 5.82 Å². The number of carbonyl (C=O) groups excluding carboxylic acids is 1. The van der Waals surface area contributed by atoms with E-state index >= 15 is 0 Å². The summed E-state index contributed by atoms with van der Waals surface area (Å²) >= 11 is 0. The van der Waals surface area contributed by atoms with Crippen LogP contribution in [0.2, 0.25) is 0 Å². The molecule has 0 saturated carbocycles. The van der Waals surface area contributed by atoms with Crippen molar-refractivity contribution >= 4 is 11.7 Å². The number of nitrogens with zero attached hydrogens (tertiary/aromatic N) is 5. The van der Waals surface area contributed by atoms with E-state index in [1.807, 2.05) is 17.0 Å². The Morgan fingerprint density at radius 1 is 1.40 bits per heavy atom.